The maximum Gasteiger partial charge on any atom is 0.338 e. The number of carbonyl (C=O) groups excluding carboxylic acids is 1. The van der Waals surface area contributed by atoms with Gasteiger partial charge in [-0.05, 0) is 97.5 Å². The molecule has 4 heteroatoms. The first-order chi connectivity index (χ1) is 18.2. The number of hydrogen-bond acceptors (Lipinski definition) is 4. The molecule has 0 radical (unpaired) electrons. The predicted molar refractivity (Wildman–Crippen MR) is 147 cm³/mol. The van der Waals surface area contributed by atoms with Gasteiger partial charge in [-0.2, -0.15) is 0 Å². The van der Waals surface area contributed by atoms with Crippen molar-refractivity contribution in [3.8, 4) is 0 Å². The van der Waals surface area contributed by atoms with Crippen LogP contribution in [0.3, 0.4) is 0 Å². The monoisotopic (exact) mass is 518 g/mol. The number of carbonyl (C=O) groups is 1. The Morgan fingerprint density at radius 2 is 1.82 bits per heavy atom. The summed E-state index contributed by atoms with van der Waals surface area (Å²) in [4.78, 5) is 12.7. The van der Waals surface area contributed by atoms with Gasteiger partial charge >= 0.3 is 5.97 Å². The van der Waals surface area contributed by atoms with Crippen LogP contribution in [0.2, 0.25) is 0 Å². The molecule has 1 aromatic rings. The highest BCUT2D eigenvalue weighted by Gasteiger charge is 2.68. The molecule has 0 aromatic heterocycles. The summed E-state index contributed by atoms with van der Waals surface area (Å²) < 4.78 is 19.5. The maximum absolute atomic E-state index is 12.7. The molecule has 4 aliphatic carbocycles. The van der Waals surface area contributed by atoms with Gasteiger partial charge in [0, 0.05) is 18.8 Å². The summed E-state index contributed by atoms with van der Waals surface area (Å²) in [5, 5.41) is 0. The van der Waals surface area contributed by atoms with Crippen molar-refractivity contribution in [3.63, 3.8) is 0 Å². The van der Waals surface area contributed by atoms with Crippen LogP contribution in [0.4, 0.5) is 0 Å². The van der Waals surface area contributed by atoms with E-state index in [4.69, 9.17) is 14.2 Å². The van der Waals surface area contributed by atoms with Crippen LogP contribution in [-0.4, -0.2) is 30.6 Å². The predicted octanol–water partition coefficient (Wildman–Crippen LogP) is 7.58. The third-order valence-electron chi connectivity index (χ3n) is 12.6. The minimum Gasteiger partial charge on any atom is -0.458 e. The van der Waals surface area contributed by atoms with Crippen molar-refractivity contribution in [1.82, 2.24) is 0 Å². The highest BCUT2D eigenvalue weighted by atomic mass is 16.7. The fourth-order valence-electron chi connectivity index (χ4n) is 10.5. The van der Waals surface area contributed by atoms with E-state index in [0.717, 1.165) is 50.0 Å². The standard InChI is InChI=1S/C34H46O4/c1-21-12-17-34(36-20-21)22(2)30-29(38-34)19-28-26-11-10-24-18-25(37-31(35)23-8-6-5-7-9-23)13-15-32(24,3)27(26)14-16-33(28,30)4/h5-10,21-22,25-30H,11-20H2,1-4H3/t21-,22+,25+,26+,27+,28-,29+,30-,32+,33+,34+/m1/s1. The zero-order valence-electron chi connectivity index (χ0n) is 23.8. The Morgan fingerprint density at radius 1 is 1.00 bits per heavy atom. The first-order valence-electron chi connectivity index (χ1n) is 15.5. The quantitative estimate of drug-likeness (QED) is 0.299. The van der Waals surface area contributed by atoms with Crippen LogP contribution in [0.5, 0.6) is 0 Å². The number of fused-ring (bicyclic) bond motifs is 7. The molecule has 0 N–H and O–H groups in total. The lowest BCUT2D eigenvalue weighted by Crippen LogP contribution is -2.52. The van der Waals surface area contributed by atoms with Crippen LogP contribution in [0.1, 0.15) is 95.8 Å². The highest BCUT2D eigenvalue weighted by Crippen LogP contribution is 2.70. The Kier molecular flexibility index (Phi) is 5.95. The van der Waals surface area contributed by atoms with Gasteiger partial charge in [0.15, 0.2) is 5.79 Å². The van der Waals surface area contributed by atoms with Crippen molar-refractivity contribution < 1.29 is 19.0 Å². The molecular formula is C34H46O4. The second-order valence-corrected chi connectivity index (χ2v) is 14.4. The van der Waals surface area contributed by atoms with Crippen molar-refractivity contribution in [1.29, 1.82) is 0 Å². The SMILES string of the molecule is C[C@@H]1CC[C@]2(OC1)O[C@H]1C[C@@H]3[C@H]4CC=C5C[C@@H](OC(=O)c6ccccc6)CC[C@]5(C)[C@H]4CC[C@]3(C)[C@@H]1[C@@H]2C. The number of ether oxygens (including phenoxy) is 3. The minimum absolute atomic E-state index is 0.00178. The fraction of sp³-hybridized carbons (Fsp3) is 0.735. The summed E-state index contributed by atoms with van der Waals surface area (Å²) in [6.45, 7) is 10.7. The van der Waals surface area contributed by atoms with Crippen LogP contribution in [0, 0.1) is 46.3 Å². The number of allylic oxidation sites excluding steroid dienone is 1. The first-order valence-corrected chi connectivity index (χ1v) is 15.5. The van der Waals surface area contributed by atoms with Crippen molar-refractivity contribution in [2.24, 2.45) is 46.3 Å². The molecule has 4 nitrogen and oxygen atoms in total. The largest absolute Gasteiger partial charge is 0.458 e. The van der Waals surface area contributed by atoms with E-state index in [-0.39, 0.29) is 23.3 Å². The zero-order chi connectivity index (χ0) is 26.3. The Hall–Kier alpha value is -1.65. The van der Waals surface area contributed by atoms with E-state index in [1.165, 1.54) is 32.1 Å². The van der Waals surface area contributed by atoms with Gasteiger partial charge in [0.05, 0.1) is 18.3 Å². The van der Waals surface area contributed by atoms with Crippen molar-refractivity contribution in [2.45, 2.75) is 103 Å². The van der Waals surface area contributed by atoms with Gasteiger partial charge in [-0.25, -0.2) is 4.79 Å². The Balaban J connectivity index is 1.08. The van der Waals surface area contributed by atoms with Crippen molar-refractivity contribution in [2.75, 3.05) is 6.61 Å². The molecule has 3 saturated carbocycles. The summed E-state index contributed by atoms with van der Waals surface area (Å²) in [6.07, 6.45) is 13.3. The lowest BCUT2D eigenvalue weighted by Gasteiger charge is -2.58. The molecule has 206 valence electrons. The second-order valence-electron chi connectivity index (χ2n) is 14.4. The lowest BCUT2D eigenvalue weighted by molar-refractivity contribution is -0.272. The van der Waals surface area contributed by atoms with E-state index in [0.29, 0.717) is 34.8 Å². The molecule has 0 amide bonds. The molecule has 2 heterocycles. The van der Waals surface area contributed by atoms with E-state index in [1.807, 2.05) is 30.3 Å². The minimum atomic E-state index is -0.326. The summed E-state index contributed by atoms with van der Waals surface area (Å²) >= 11 is 0. The molecule has 11 atom stereocenters. The van der Waals surface area contributed by atoms with E-state index in [1.54, 1.807) is 5.57 Å². The Labute approximate surface area is 228 Å². The summed E-state index contributed by atoms with van der Waals surface area (Å²) in [6, 6.07) is 9.45. The van der Waals surface area contributed by atoms with Crippen molar-refractivity contribution in [3.05, 3.63) is 47.5 Å². The molecule has 0 unspecified atom stereocenters. The van der Waals surface area contributed by atoms with Gasteiger partial charge in [0.1, 0.15) is 6.10 Å². The highest BCUT2D eigenvalue weighted by molar-refractivity contribution is 5.89. The van der Waals surface area contributed by atoms with Gasteiger partial charge in [-0.15, -0.1) is 0 Å². The number of esters is 1. The summed E-state index contributed by atoms with van der Waals surface area (Å²) in [7, 11) is 0. The maximum atomic E-state index is 12.7. The summed E-state index contributed by atoms with van der Waals surface area (Å²) in [5.74, 6) is 3.46. The van der Waals surface area contributed by atoms with Crippen LogP contribution >= 0.6 is 0 Å². The van der Waals surface area contributed by atoms with Gasteiger partial charge in [0.25, 0.3) is 0 Å². The molecule has 38 heavy (non-hydrogen) atoms. The zero-order valence-corrected chi connectivity index (χ0v) is 23.8. The Bertz CT molecular complexity index is 1100. The lowest BCUT2D eigenvalue weighted by atomic mass is 9.47. The fourth-order valence-corrected chi connectivity index (χ4v) is 10.5. The molecule has 2 saturated heterocycles. The molecule has 0 bridgehead atoms. The molecule has 5 fully saturated rings. The first kappa shape index (κ1) is 25.3. The van der Waals surface area contributed by atoms with Crippen LogP contribution in [-0.2, 0) is 14.2 Å². The molecule has 2 aliphatic heterocycles. The molecule has 6 aliphatic rings. The molecule has 7 rings (SSSR count). The van der Waals surface area contributed by atoms with Gasteiger partial charge in [-0.1, -0.05) is 57.5 Å². The van der Waals surface area contributed by atoms with Gasteiger partial charge in [-0.3, -0.25) is 0 Å². The topological polar surface area (TPSA) is 44.8 Å². The molecule has 1 spiro atoms. The third kappa shape index (κ3) is 3.65. The molecule has 1 aromatic carbocycles. The smallest absolute Gasteiger partial charge is 0.338 e. The van der Waals surface area contributed by atoms with Crippen LogP contribution in [0.15, 0.2) is 42.0 Å². The van der Waals surface area contributed by atoms with Crippen molar-refractivity contribution >= 4 is 5.97 Å². The van der Waals surface area contributed by atoms with E-state index in [2.05, 4.69) is 33.8 Å². The van der Waals surface area contributed by atoms with E-state index in [9.17, 15) is 4.79 Å². The summed E-state index contributed by atoms with van der Waals surface area (Å²) in [5.41, 5.74) is 2.81. The van der Waals surface area contributed by atoms with E-state index >= 15 is 0 Å². The number of rotatable bonds is 2. The van der Waals surface area contributed by atoms with E-state index < -0.39 is 0 Å². The second kappa shape index (κ2) is 8.93. The number of hydrogen-bond donors (Lipinski definition) is 0. The van der Waals surface area contributed by atoms with Crippen LogP contribution in [0.25, 0.3) is 0 Å². The average Bonchev–Trinajstić information content (AvgIpc) is 3.36. The average molecular weight is 519 g/mol. The number of benzene rings is 1. The normalized spacial score (nSPS) is 49.4. The van der Waals surface area contributed by atoms with Gasteiger partial charge in [0.2, 0.25) is 0 Å². The third-order valence-corrected chi connectivity index (χ3v) is 12.6. The Morgan fingerprint density at radius 3 is 2.58 bits per heavy atom. The molecular weight excluding hydrogens is 472 g/mol. The van der Waals surface area contributed by atoms with Crippen LogP contribution < -0.4 is 0 Å². The van der Waals surface area contributed by atoms with Gasteiger partial charge < -0.3 is 14.2 Å².